The highest BCUT2D eigenvalue weighted by atomic mass is 16.1. The lowest BCUT2D eigenvalue weighted by Crippen LogP contribution is -2.26. The van der Waals surface area contributed by atoms with Gasteiger partial charge >= 0.3 is 0 Å². The standard InChI is InChI=1S/C14H19NO/c1-3-10(2)14(16)13-6-4-5-11-9-15-8-7-12(11)13/h4-6,10,15H,3,7-9H2,1-2H3. The fourth-order valence-electron chi connectivity index (χ4n) is 2.21. The summed E-state index contributed by atoms with van der Waals surface area (Å²) < 4.78 is 0. The smallest absolute Gasteiger partial charge is 0.165 e. The van der Waals surface area contributed by atoms with Crippen molar-refractivity contribution < 1.29 is 4.79 Å². The summed E-state index contributed by atoms with van der Waals surface area (Å²) in [6, 6.07) is 6.11. The fourth-order valence-corrected chi connectivity index (χ4v) is 2.21. The molecule has 2 heteroatoms. The number of ketones is 1. The van der Waals surface area contributed by atoms with Crippen LogP contribution >= 0.6 is 0 Å². The Labute approximate surface area is 97.1 Å². The summed E-state index contributed by atoms with van der Waals surface area (Å²) in [5, 5.41) is 3.34. The first-order chi connectivity index (χ1) is 7.74. The highest BCUT2D eigenvalue weighted by Crippen LogP contribution is 2.22. The van der Waals surface area contributed by atoms with Gasteiger partial charge in [0.15, 0.2) is 5.78 Å². The Morgan fingerprint density at radius 2 is 2.31 bits per heavy atom. The van der Waals surface area contributed by atoms with E-state index in [0.717, 1.165) is 31.5 Å². The van der Waals surface area contributed by atoms with E-state index in [1.54, 1.807) is 0 Å². The summed E-state index contributed by atoms with van der Waals surface area (Å²) >= 11 is 0. The molecule has 0 aliphatic carbocycles. The fraction of sp³-hybridized carbons (Fsp3) is 0.500. The first kappa shape index (κ1) is 11.3. The van der Waals surface area contributed by atoms with Gasteiger partial charge in [-0.25, -0.2) is 0 Å². The molecule has 0 radical (unpaired) electrons. The number of Topliss-reactive ketones (excluding diaryl/α,β-unsaturated/α-hetero) is 1. The van der Waals surface area contributed by atoms with Crippen LogP contribution < -0.4 is 5.32 Å². The topological polar surface area (TPSA) is 29.1 Å². The van der Waals surface area contributed by atoms with E-state index in [1.807, 2.05) is 19.1 Å². The Morgan fingerprint density at radius 3 is 3.06 bits per heavy atom. The predicted octanol–water partition coefficient (Wildman–Crippen LogP) is 2.56. The van der Waals surface area contributed by atoms with Gasteiger partial charge in [0, 0.05) is 18.0 Å². The second-order valence-electron chi connectivity index (χ2n) is 4.54. The normalized spacial score (nSPS) is 16.6. The largest absolute Gasteiger partial charge is 0.312 e. The van der Waals surface area contributed by atoms with Crippen molar-refractivity contribution in [3.63, 3.8) is 0 Å². The molecule has 2 rings (SSSR count). The Kier molecular flexibility index (Phi) is 3.39. The van der Waals surface area contributed by atoms with Crippen LogP contribution in [-0.4, -0.2) is 12.3 Å². The number of carbonyl (C=O) groups excluding carboxylic acids is 1. The lowest BCUT2D eigenvalue weighted by atomic mass is 9.88. The molecule has 0 amide bonds. The summed E-state index contributed by atoms with van der Waals surface area (Å²) in [5.41, 5.74) is 3.51. The highest BCUT2D eigenvalue weighted by molar-refractivity contribution is 5.99. The van der Waals surface area contributed by atoms with Crippen molar-refractivity contribution in [2.24, 2.45) is 5.92 Å². The molecule has 86 valence electrons. The third kappa shape index (κ3) is 2.03. The first-order valence-electron chi connectivity index (χ1n) is 6.09. The number of hydrogen-bond donors (Lipinski definition) is 1. The molecule has 0 aromatic heterocycles. The van der Waals surface area contributed by atoms with E-state index < -0.39 is 0 Å². The van der Waals surface area contributed by atoms with Gasteiger partial charge < -0.3 is 5.32 Å². The Bertz CT molecular complexity index is 398. The minimum Gasteiger partial charge on any atom is -0.312 e. The molecule has 1 heterocycles. The van der Waals surface area contributed by atoms with Crippen molar-refractivity contribution in [2.75, 3.05) is 6.54 Å². The second-order valence-corrected chi connectivity index (χ2v) is 4.54. The highest BCUT2D eigenvalue weighted by Gasteiger charge is 2.20. The molecule has 1 aromatic carbocycles. The molecule has 0 fully saturated rings. The van der Waals surface area contributed by atoms with E-state index in [0.29, 0.717) is 5.78 Å². The van der Waals surface area contributed by atoms with Gasteiger partial charge in [-0.1, -0.05) is 32.0 Å². The molecule has 1 atom stereocenters. The van der Waals surface area contributed by atoms with Crippen molar-refractivity contribution in [3.05, 3.63) is 34.9 Å². The molecule has 0 bridgehead atoms. The lowest BCUT2D eigenvalue weighted by Gasteiger charge is -2.20. The molecule has 0 saturated heterocycles. The zero-order valence-electron chi connectivity index (χ0n) is 10.0. The average molecular weight is 217 g/mol. The van der Waals surface area contributed by atoms with Crippen molar-refractivity contribution in [3.8, 4) is 0 Å². The van der Waals surface area contributed by atoms with Crippen LogP contribution in [-0.2, 0) is 13.0 Å². The van der Waals surface area contributed by atoms with E-state index in [-0.39, 0.29) is 5.92 Å². The van der Waals surface area contributed by atoms with Gasteiger partial charge in [0.1, 0.15) is 0 Å². The number of fused-ring (bicyclic) bond motifs is 1. The summed E-state index contributed by atoms with van der Waals surface area (Å²) in [6.07, 6.45) is 1.90. The third-order valence-electron chi connectivity index (χ3n) is 3.47. The number of benzene rings is 1. The average Bonchev–Trinajstić information content (AvgIpc) is 2.36. The van der Waals surface area contributed by atoms with Gasteiger partial charge in [0.2, 0.25) is 0 Å². The van der Waals surface area contributed by atoms with Gasteiger partial charge in [-0.05, 0) is 30.5 Å². The molecule has 16 heavy (non-hydrogen) atoms. The SMILES string of the molecule is CCC(C)C(=O)c1cccc2c1CCNC2. The maximum absolute atomic E-state index is 12.2. The van der Waals surface area contributed by atoms with Gasteiger partial charge in [-0.2, -0.15) is 0 Å². The van der Waals surface area contributed by atoms with Crippen LogP contribution in [0.2, 0.25) is 0 Å². The number of nitrogens with one attached hydrogen (secondary N) is 1. The zero-order chi connectivity index (χ0) is 11.5. The minimum atomic E-state index is 0.140. The van der Waals surface area contributed by atoms with E-state index in [2.05, 4.69) is 18.3 Å². The maximum Gasteiger partial charge on any atom is 0.165 e. The Morgan fingerprint density at radius 1 is 1.50 bits per heavy atom. The third-order valence-corrected chi connectivity index (χ3v) is 3.47. The summed E-state index contributed by atoms with van der Waals surface area (Å²) in [4.78, 5) is 12.2. The molecule has 1 aliphatic rings. The minimum absolute atomic E-state index is 0.140. The molecule has 0 saturated carbocycles. The molecule has 1 aliphatic heterocycles. The summed E-state index contributed by atoms with van der Waals surface area (Å²) in [7, 11) is 0. The molecule has 1 unspecified atom stereocenters. The van der Waals surface area contributed by atoms with Crippen LogP contribution in [0.3, 0.4) is 0 Å². The van der Waals surface area contributed by atoms with Crippen LogP contribution in [0.25, 0.3) is 0 Å². The van der Waals surface area contributed by atoms with Crippen LogP contribution in [0.5, 0.6) is 0 Å². The molecular formula is C14H19NO. The lowest BCUT2D eigenvalue weighted by molar-refractivity contribution is 0.0926. The molecule has 1 N–H and O–H groups in total. The van der Waals surface area contributed by atoms with Crippen LogP contribution in [0.4, 0.5) is 0 Å². The van der Waals surface area contributed by atoms with Gasteiger partial charge in [0.05, 0.1) is 0 Å². The van der Waals surface area contributed by atoms with Crippen molar-refractivity contribution in [1.29, 1.82) is 0 Å². The van der Waals surface area contributed by atoms with Crippen LogP contribution in [0.15, 0.2) is 18.2 Å². The van der Waals surface area contributed by atoms with Crippen molar-refractivity contribution >= 4 is 5.78 Å². The van der Waals surface area contributed by atoms with E-state index in [9.17, 15) is 4.79 Å². The summed E-state index contributed by atoms with van der Waals surface area (Å²) in [5.74, 6) is 0.447. The Hall–Kier alpha value is -1.15. The molecule has 1 aromatic rings. The molecule has 2 nitrogen and oxygen atoms in total. The Balaban J connectivity index is 2.37. The molecule has 0 spiro atoms. The van der Waals surface area contributed by atoms with Crippen molar-refractivity contribution in [2.45, 2.75) is 33.2 Å². The van der Waals surface area contributed by atoms with Crippen molar-refractivity contribution in [1.82, 2.24) is 5.32 Å². The van der Waals surface area contributed by atoms with Crippen LogP contribution in [0, 0.1) is 5.92 Å². The van der Waals surface area contributed by atoms with Crippen LogP contribution in [0.1, 0.15) is 41.8 Å². The molecular weight excluding hydrogens is 198 g/mol. The summed E-state index contributed by atoms with van der Waals surface area (Å²) in [6.45, 7) is 5.97. The maximum atomic E-state index is 12.2. The number of rotatable bonds is 3. The van der Waals surface area contributed by atoms with Gasteiger partial charge in [0.25, 0.3) is 0 Å². The number of hydrogen-bond acceptors (Lipinski definition) is 2. The quantitative estimate of drug-likeness (QED) is 0.788. The number of carbonyl (C=O) groups is 1. The van der Waals surface area contributed by atoms with E-state index in [4.69, 9.17) is 0 Å². The zero-order valence-corrected chi connectivity index (χ0v) is 10.0. The van der Waals surface area contributed by atoms with Gasteiger partial charge in [-0.15, -0.1) is 0 Å². The monoisotopic (exact) mass is 217 g/mol. The van der Waals surface area contributed by atoms with E-state index in [1.165, 1.54) is 11.1 Å². The predicted molar refractivity (Wildman–Crippen MR) is 65.6 cm³/mol. The van der Waals surface area contributed by atoms with E-state index >= 15 is 0 Å². The first-order valence-corrected chi connectivity index (χ1v) is 6.09. The second kappa shape index (κ2) is 4.79. The van der Waals surface area contributed by atoms with Gasteiger partial charge in [-0.3, -0.25) is 4.79 Å².